The minimum atomic E-state index is -0.270. The summed E-state index contributed by atoms with van der Waals surface area (Å²) < 4.78 is 0. The van der Waals surface area contributed by atoms with Crippen molar-refractivity contribution in [1.82, 2.24) is 0 Å². The molecule has 1 saturated carbocycles. The Morgan fingerprint density at radius 3 is 1.46 bits per heavy atom. The second kappa shape index (κ2) is 11.9. The lowest BCUT2D eigenvalue weighted by molar-refractivity contribution is 0.142. The minimum Gasteiger partial charge on any atom is -0.508 e. The first-order valence-electron chi connectivity index (χ1n) is 14.6. The highest BCUT2D eigenvalue weighted by atomic mass is 16.3. The van der Waals surface area contributed by atoms with Crippen LogP contribution in [0.15, 0.2) is 78.9 Å². The lowest BCUT2D eigenvalue weighted by Gasteiger charge is -2.42. The predicted octanol–water partition coefficient (Wildman–Crippen LogP) is 8.31. The fourth-order valence-corrected chi connectivity index (χ4v) is 6.00. The lowest BCUT2D eigenvalue weighted by Crippen LogP contribution is -2.48. The molecule has 5 N–H and O–H groups in total. The third-order valence-corrected chi connectivity index (χ3v) is 9.16. The monoisotopic (exact) mass is 528 g/mol. The molecular weight excluding hydrogens is 476 g/mol. The van der Waals surface area contributed by atoms with Gasteiger partial charge < -0.3 is 16.6 Å². The predicted molar refractivity (Wildman–Crippen MR) is 167 cm³/mol. The van der Waals surface area contributed by atoms with Gasteiger partial charge in [-0.05, 0) is 81.5 Å². The van der Waals surface area contributed by atoms with E-state index in [9.17, 15) is 5.11 Å². The Balaban J connectivity index is 0.000000255. The number of hydrogen-bond donors (Lipinski definition) is 3. The largest absolute Gasteiger partial charge is 0.508 e. The number of benzene rings is 3. The van der Waals surface area contributed by atoms with Crippen molar-refractivity contribution >= 4 is 0 Å². The van der Waals surface area contributed by atoms with Gasteiger partial charge in [-0.25, -0.2) is 0 Å². The molecule has 0 aromatic heterocycles. The van der Waals surface area contributed by atoms with Gasteiger partial charge in [-0.15, -0.1) is 0 Å². The van der Waals surface area contributed by atoms with E-state index in [4.69, 9.17) is 11.5 Å². The van der Waals surface area contributed by atoms with Crippen LogP contribution in [0.5, 0.6) is 5.75 Å². The lowest BCUT2D eigenvalue weighted by atomic mass is 9.68. The van der Waals surface area contributed by atoms with E-state index < -0.39 is 0 Å². The SMILES string of the molecule is CC(C)(N)C1CCCC(C(C)(C)N)C1.CC(C)(c1ccccc1)c1ccc(O)c(C(C)(C)c2ccccc2)c1. The number of rotatable bonds is 6. The summed E-state index contributed by atoms with van der Waals surface area (Å²) in [6.07, 6.45) is 5.04. The van der Waals surface area contributed by atoms with Gasteiger partial charge in [-0.2, -0.15) is 0 Å². The van der Waals surface area contributed by atoms with E-state index >= 15 is 0 Å². The molecule has 0 heterocycles. The van der Waals surface area contributed by atoms with Crippen LogP contribution in [-0.4, -0.2) is 16.2 Å². The second-order valence-electron chi connectivity index (χ2n) is 13.9. The van der Waals surface area contributed by atoms with Gasteiger partial charge in [-0.1, -0.05) is 107 Å². The van der Waals surface area contributed by atoms with Gasteiger partial charge in [0.1, 0.15) is 5.75 Å². The van der Waals surface area contributed by atoms with E-state index in [1.807, 2.05) is 36.4 Å². The molecule has 212 valence electrons. The molecule has 1 aliphatic carbocycles. The van der Waals surface area contributed by atoms with Crippen molar-refractivity contribution in [2.24, 2.45) is 23.3 Å². The summed E-state index contributed by atoms with van der Waals surface area (Å²) >= 11 is 0. The highest BCUT2D eigenvalue weighted by Crippen LogP contribution is 2.41. The zero-order chi connectivity index (χ0) is 29.1. The molecule has 2 unspecified atom stereocenters. The fourth-order valence-electron chi connectivity index (χ4n) is 6.00. The summed E-state index contributed by atoms with van der Waals surface area (Å²) in [5.41, 5.74) is 16.5. The standard InChI is InChI=1S/C24H26O.C12H26N2/c1-23(2,18-11-7-5-8-12-18)20-15-16-22(25)21(17-20)24(3,4)19-13-9-6-10-14-19;1-11(2,13)9-6-5-7-10(8-9)12(3,4)14/h5-17,25H,1-4H3;9-10H,5-8,13-14H2,1-4H3. The molecule has 3 aromatic rings. The summed E-state index contributed by atoms with van der Waals surface area (Å²) in [6.45, 7) is 17.4. The Hall–Kier alpha value is -2.62. The normalized spacial score (nSPS) is 18.7. The van der Waals surface area contributed by atoms with E-state index in [1.54, 1.807) is 0 Å². The Morgan fingerprint density at radius 2 is 1.03 bits per heavy atom. The third kappa shape index (κ3) is 7.52. The van der Waals surface area contributed by atoms with Gasteiger partial charge in [-0.3, -0.25) is 0 Å². The first-order valence-corrected chi connectivity index (χ1v) is 14.6. The van der Waals surface area contributed by atoms with Crippen LogP contribution < -0.4 is 11.5 Å². The maximum absolute atomic E-state index is 10.6. The van der Waals surface area contributed by atoms with E-state index in [1.165, 1.54) is 42.4 Å². The zero-order valence-corrected chi connectivity index (χ0v) is 25.6. The van der Waals surface area contributed by atoms with Crippen LogP contribution in [0.2, 0.25) is 0 Å². The zero-order valence-electron chi connectivity index (χ0n) is 25.6. The average Bonchev–Trinajstić information content (AvgIpc) is 2.89. The number of nitrogens with two attached hydrogens (primary N) is 2. The Kier molecular flexibility index (Phi) is 9.40. The van der Waals surface area contributed by atoms with Gasteiger partial charge in [0.2, 0.25) is 0 Å². The maximum atomic E-state index is 10.6. The molecule has 3 heteroatoms. The van der Waals surface area contributed by atoms with Crippen molar-refractivity contribution in [2.45, 2.75) is 103 Å². The molecule has 0 spiro atoms. The summed E-state index contributed by atoms with van der Waals surface area (Å²) in [5.74, 6) is 1.63. The highest BCUT2D eigenvalue weighted by molar-refractivity contribution is 5.50. The first kappa shape index (κ1) is 30.9. The summed E-state index contributed by atoms with van der Waals surface area (Å²) in [7, 11) is 0. The van der Waals surface area contributed by atoms with E-state index in [0.29, 0.717) is 17.6 Å². The van der Waals surface area contributed by atoms with Crippen LogP contribution >= 0.6 is 0 Å². The van der Waals surface area contributed by atoms with Crippen LogP contribution in [0.1, 0.15) is 103 Å². The van der Waals surface area contributed by atoms with Gasteiger partial charge in [0, 0.05) is 27.5 Å². The Bertz CT molecular complexity index is 1160. The van der Waals surface area contributed by atoms with Crippen molar-refractivity contribution in [3.05, 3.63) is 101 Å². The molecule has 0 amide bonds. The first-order chi connectivity index (χ1) is 18.0. The molecule has 4 rings (SSSR count). The Morgan fingerprint density at radius 1 is 0.590 bits per heavy atom. The van der Waals surface area contributed by atoms with Crippen LogP contribution in [0.4, 0.5) is 0 Å². The number of hydrogen-bond acceptors (Lipinski definition) is 3. The van der Waals surface area contributed by atoms with Crippen molar-refractivity contribution in [3.63, 3.8) is 0 Å². The van der Waals surface area contributed by atoms with Crippen molar-refractivity contribution in [1.29, 1.82) is 0 Å². The van der Waals surface area contributed by atoms with Crippen LogP contribution in [0, 0.1) is 11.8 Å². The molecule has 3 nitrogen and oxygen atoms in total. The Labute approximate surface area is 238 Å². The number of phenols is 1. The highest BCUT2D eigenvalue weighted by Gasteiger charge is 2.36. The summed E-state index contributed by atoms with van der Waals surface area (Å²) in [6, 6.07) is 26.9. The number of phenolic OH excluding ortho intramolecular Hbond substituents is 1. The molecule has 3 aromatic carbocycles. The summed E-state index contributed by atoms with van der Waals surface area (Å²) in [5, 5.41) is 10.6. The smallest absolute Gasteiger partial charge is 0.119 e. The van der Waals surface area contributed by atoms with Gasteiger partial charge >= 0.3 is 0 Å². The van der Waals surface area contributed by atoms with Crippen LogP contribution in [0.25, 0.3) is 0 Å². The molecule has 0 bridgehead atoms. The van der Waals surface area contributed by atoms with Crippen LogP contribution in [0.3, 0.4) is 0 Å². The van der Waals surface area contributed by atoms with Crippen molar-refractivity contribution < 1.29 is 5.11 Å². The molecule has 2 atom stereocenters. The second-order valence-corrected chi connectivity index (χ2v) is 13.9. The molecule has 0 radical (unpaired) electrons. The maximum Gasteiger partial charge on any atom is 0.119 e. The van der Waals surface area contributed by atoms with E-state index in [2.05, 4.69) is 97.9 Å². The molecular formula is C36H52N2O. The minimum absolute atomic E-state index is 0.0378. The van der Waals surface area contributed by atoms with Crippen molar-refractivity contribution in [2.75, 3.05) is 0 Å². The summed E-state index contributed by atoms with van der Waals surface area (Å²) in [4.78, 5) is 0. The molecule has 1 aliphatic rings. The third-order valence-electron chi connectivity index (χ3n) is 9.16. The molecule has 39 heavy (non-hydrogen) atoms. The van der Waals surface area contributed by atoms with Gasteiger partial charge in [0.15, 0.2) is 0 Å². The van der Waals surface area contributed by atoms with E-state index in [-0.39, 0.29) is 21.9 Å². The number of aromatic hydroxyl groups is 1. The topological polar surface area (TPSA) is 72.3 Å². The van der Waals surface area contributed by atoms with Crippen LogP contribution in [-0.2, 0) is 10.8 Å². The van der Waals surface area contributed by atoms with Crippen molar-refractivity contribution in [3.8, 4) is 5.75 Å². The quantitative estimate of drug-likeness (QED) is 0.301. The van der Waals surface area contributed by atoms with E-state index in [0.717, 1.165) is 5.56 Å². The molecule has 0 saturated heterocycles. The average molecular weight is 529 g/mol. The van der Waals surface area contributed by atoms with Gasteiger partial charge in [0.05, 0.1) is 0 Å². The molecule has 0 aliphatic heterocycles. The fraction of sp³-hybridized carbons (Fsp3) is 0.500. The van der Waals surface area contributed by atoms with Gasteiger partial charge in [0.25, 0.3) is 0 Å². The molecule has 1 fully saturated rings.